The van der Waals surface area contributed by atoms with Gasteiger partial charge in [-0.15, -0.1) is 0 Å². The summed E-state index contributed by atoms with van der Waals surface area (Å²) in [6.45, 7) is 5.04. The molecule has 0 aliphatic carbocycles. The van der Waals surface area contributed by atoms with Crippen molar-refractivity contribution in [2.45, 2.75) is 20.8 Å². The summed E-state index contributed by atoms with van der Waals surface area (Å²) >= 11 is 3.21. The Balaban J connectivity index is 4.40. The lowest BCUT2D eigenvalue weighted by atomic mass is 10.2. The maximum atomic E-state index is 12.3. The minimum Gasteiger partial charge on any atom is -0.212 e. The van der Waals surface area contributed by atoms with Gasteiger partial charge in [-0.1, -0.05) is 22.0 Å². The average Bonchev–Trinajstić information content (AvgIpc) is 1.84. The monoisotopic (exact) mass is 192 g/mol. The zero-order chi connectivity index (χ0) is 7.44. The molecule has 0 spiro atoms. The number of hydrogen-bond donors (Lipinski definition) is 0. The Morgan fingerprint density at radius 1 is 1.44 bits per heavy atom. The second kappa shape index (κ2) is 3.83. The highest BCUT2D eigenvalue weighted by Crippen LogP contribution is 2.19. The van der Waals surface area contributed by atoms with Gasteiger partial charge in [0.1, 0.15) is 5.83 Å². The van der Waals surface area contributed by atoms with Crippen molar-refractivity contribution in [1.82, 2.24) is 0 Å². The Labute approximate surface area is 63.6 Å². The lowest BCUT2D eigenvalue weighted by Gasteiger charge is -1.96. The standard InChI is InChI=1S/C7H10BrF/c1-4-7(8)5(2)6(3)9/h4H,1-3H3/b6-5+,7-4+. The van der Waals surface area contributed by atoms with Crippen LogP contribution in [-0.4, -0.2) is 0 Å². The van der Waals surface area contributed by atoms with E-state index in [1.165, 1.54) is 6.92 Å². The quantitative estimate of drug-likeness (QED) is 0.558. The van der Waals surface area contributed by atoms with Crippen LogP contribution in [0.4, 0.5) is 4.39 Å². The van der Waals surface area contributed by atoms with Gasteiger partial charge in [0.25, 0.3) is 0 Å². The molecule has 0 amide bonds. The first-order chi connectivity index (χ1) is 4.09. The van der Waals surface area contributed by atoms with Crippen molar-refractivity contribution in [3.8, 4) is 0 Å². The topological polar surface area (TPSA) is 0 Å². The van der Waals surface area contributed by atoms with Crippen molar-refractivity contribution >= 4 is 15.9 Å². The molecular formula is C7H10BrF. The molecule has 9 heavy (non-hydrogen) atoms. The van der Waals surface area contributed by atoms with Gasteiger partial charge in [-0.3, -0.25) is 0 Å². The second-order valence-corrected chi connectivity index (χ2v) is 2.65. The minimum absolute atomic E-state index is 0.139. The van der Waals surface area contributed by atoms with Crippen molar-refractivity contribution in [2.24, 2.45) is 0 Å². The number of halogens is 2. The third-order valence-electron chi connectivity index (χ3n) is 1.13. The first kappa shape index (κ1) is 8.89. The van der Waals surface area contributed by atoms with Crippen molar-refractivity contribution in [3.63, 3.8) is 0 Å². The molecular weight excluding hydrogens is 183 g/mol. The first-order valence-electron chi connectivity index (χ1n) is 2.74. The Hall–Kier alpha value is -0.110. The van der Waals surface area contributed by atoms with Gasteiger partial charge >= 0.3 is 0 Å². The van der Waals surface area contributed by atoms with Crippen molar-refractivity contribution < 1.29 is 4.39 Å². The summed E-state index contributed by atoms with van der Waals surface area (Å²) in [4.78, 5) is 0. The van der Waals surface area contributed by atoms with Crippen LogP contribution in [0, 0.1) is 0 Å². The SMILES string of the molecule is C/C=C(Br)\C(C)=C(/C)F. The zero-order valence-electron chi connectivity index (χ0n) is 5.83. The van der Waals surface area contributed by atoms with Crippen LogP contribution in [0.25, 0.3) is 0 Å². The van der Waals surface area contributed by atoms with E-state index in [9.17, 15) is 4.39 Å². The molecule has 0 aromatic heterocycles. The third-order valence-corrected chi connectivity index (χ3v) is 2.18. The summed E-state index contributed by atoms with van der Waals surface area (Å²) < 4.78 is 13.2. The summed E-state index contributed by atoms with van der Waals surface area (Å²) in [5, 5.41) is 0. The summed E-state index contributed by atoms with van der Waals surface area (Å²) in [6.07, 6.45) is 1.82. The van der Waals surface area contributed by atoms with Crippen LogP contribution in [0.3, 0.4) is 0 Å². The molecule has 0 bridgehead atoms. The Morgan fingerprint density at radius 2 is 1.89 bits per heavy atom. The maximum absolute atomic E-state index is 12.3. The highest BCUT2D eigenvalue weighted by atomic mass is 79.9. The smallest absolute Gasteiger partial charge is 0.101 e. The van der Waals surface area contributed by atoms with E-state index in [1.807, 2.05) is 13.0 Å². The average molecular weight is 193 g/mol. The molecule has 0 unspecified atom stereocenters. The fraction of sp³-hybridized carbons (Fsp3) is 0.429. The lowest BCUT2D eigenvalue weighted by Crippen LogP contribution is -1.76. The molecule has 52 valence electrons. The van der Waals surface area contributed by atoms with E-state index >= 15 is 0 Å². The largest absolute Gasteiger partial charge is 0.212 e. The molecule has 0 radical (unpaired) electrons. The van der Waals surface area contributed by atoms with E-state index in [1.54, 1.807) is 6.92 Å². The van der Waals surface area contributed by atoms with E-state index in [4.69, 9.17) is 0 Å². The predicted molar refractivity (Wildman–Crippen MR) is 42.2 cm³/mol. The maximum Gasteiger partial charge on any atom is 0.101 e. The fourth-order valence-corrected chi connectivity index (χ4v) is 0.654. The van der Waals surface area contributed by atoms with Gasteiger partial charge in [-0.05, 0) is 26.3 Å². The van der Waals surface area contributed by atoms with E-state index in [0.717, 1.165) is 4.48 Å². The van der Waals surface area contributed by atoms with Crippen LogP contribution < -0.4 is 0 Å². The predicted octanol–water partition coefficient (Wildman–Crippen LogP) is 3.55. The molecule has 0 heterocycles. The third kappa shape index (κ3) is 2.80. The summed E-state index contributed by atoms with van der Waals surface area (Å²) in [5.74, 6) is -0.139. The summed E-state index contributed by atoms with van der Waals surface area (Å²) in [7, 11) is 0. The molecule has 2 heteroatoms. The van der Waals surface area contributed by atoms with E-state index in [-0.39, 0.29) is 5.83 Å². The zero-order valence-corrected chi connectivity index (χ0v) is 7.42. The molecule has 0 saturated heterocycles. The number of rotatable bonds is 1. The van der Waals surface area contributed by atoms with Crippen molar-refractivity contribution in [3.05, 3.63) is 22.0 Å². The molecule has 0 saturated carbocycles. The Morgan fingerprint density at radius 3 is 2.00 bits per heavy atom. The number of allylic oxidation sites excluding steroid dienone is 4. The molecule has 0 rings (SSSR count). The van der Waals surface area contributed by atoms with Gasteiger partial charge < -0.3 is 0 Å². The van der Waals surface area contributed by atoms with Crippen molar-refractivity contribution in [2.75, 3.05) is 0 Å². The fourth-order valence-electron chi connectivity index (χ4n) is 0.381. The Bertz CT molecular complexity index is 152. The van der Waals surface area contributed by atoms with E-state index in [2.05, 4.69) is 15.9 Å². The minimum atomic E-state index is -0.139. The summed E-state index contributed by atoms with van der Waals surface area (Å²) in [6, 6.07) is 0. The lowest BCUT2D eigenvalue weighted by molar-refractivity contribution is 0.631. The molecule has 0 N–H and O–H groups in total. The van der Waals surface area contributed by atoms with Gasteiger partial charge in [0.05, 0.1) is 0 Å². The van der Waals surface area contributed by atoms with Crippen LogP contribution in [0.15, 0.2) is 22.0 Å². The van der Waals surface area contributed by atoms with Gasteiger partial charge in [-0.25, -0.2) is 4.39 Å². The van der Waals surface area contributed by atoms with Crippen molar-refractivity contribution in [1.29, 1.82) is 0 Å². The highest BCUT2D eigenvalue weighted by molar-refractivity contribution is 9.12. The van der Waals surface area contributed by atoms with E-state index in [0.29, 0.717) is 5.57 Å². The normalized spacial score (nSPS) is 15.4. The number of hydrogen-bond acceptors (Lipinski definition) is 0. The molecule has 0 fully saturated rings. The van der Waals surface area contributed by atoms with Crippen LogP contribution in [-0.2, 0) is 0 Å². The molecule has 0 aliphatic heterocycles. The van der Waals surface area contributed by atoms with Gasteiger partial charge in [-0.2, -0.15) is 0 Å². The van der Waals surface area contributed by atoms with Crippen LogP contribution in [0.2, 0.25) is 0 Å². The molecule has 0 aromatic rings. The molecule has 0 atom stereocenters. The summed E-state index contributed by atoms with van der Waals surface area (Å²) in [5.41, 5.74) is 0.664. The van der Waals surface area contributed by atoms with E-state index < -0.39 is 0 Å². The molecule has 0 nitrogen and oxygen atoms in total. The second-order valence-electron chi connectivity index (χ2n) is 1.80. The van der Waals surface area contributed by atoms with Gasteiger partial charge in [0.15, 0.2) is 0 Å². The molecule has 0 aliphatic rings. The highest BCUT2D eigenvalue weighted by Gasteiger charge is 1.96. The van der Waals surface area contributed by atoms with Crippen LogP contribution in [0.5, 0.6) is 0 Å². The van der Waals surface area contributed by atoms with Gasteiger partial charge in [0.2, 0.25) is 0 Å². The van der Waals surface area contributed by atoms with Crippen LogP contribution in [0.1, 0.15) is 20.8 Å². The molecule has 0 aromatic carbocycles. The first-order valence-corrected chi connectivity index (χ1v) is 3.54. The Kier molecular flexibility index (Phi) is 3.78. The van der Waals surface area contributed by atoms with Gasteiger partial charge in [0, 0.05) is 4.48 Å². The van der Waals surface area contributed by atoms with Crippen LogP contribution >= 0.6 is 15.9 Å².